The maximum atomic E-state index is 12.0. The molecule has 0 saturated heterocycles. The summed E-state index contributed by atoms with van der Waals surface area (Å²) in [5.74, 6) is -1.40. The van der Waals surface area contributed by atoms with Crippen LogP contribution in [0.2, 0.25) is 0 Å². The number of hydrogen-bond donors (Lipinski definition) is 1. The Balaban J connectivity index is 1.84. The van der Waals surface area contributed by atoms with Gasteiger partial charge < -0.3 is 14.8 Å². The second-order valence-electron chi connectivity index (χ2n) is 6.01. The molecule has 30 heavy (non-hydrogen) atoms. The van der Waals surface area contributed by atoms with Crippen LogP contribution in [0.1, 0.15) is 30.1 Å². The first kappa shape index (κ1) is 23.0. The van der Waals surface area contributed by atoms with Crippen LogP contribution in [0.5, 0.6) is 5.75 Å². The Morgan fingerprint density at radius 1 is 1.10 bits per heavy atom. The lowest BCUT2D eigenvalue weighted by molar-refractivity contribution is -0.384. The number of nitro benzene ring substituents is 1. The maximum Gasteiger partial charge on any atom is 0.306 e. The van der Waals surface area contributed by atoms with E-state index in [-0.39, 0.29) is 30.0 Å². The molecule has 2 rings (SSSR count). The van der Waals surface area contributed by atoms with Gasteiger partial charge in [-0.25, -0.2) is 0 Å². The summed E-state index contributed by atoms with van der Waals surface area (Å²) in [5, 5.41) is 13.5. The SMILES string of the molecule is CCOc1ccc(NC(=O)COC(=O)CCC(=O)c2ccc(Br)cc2)c([N+](=O)[O-])c1. The molecule has 0 aromatic heterocycles. The number of Topliss-reactive ketones (excluding diaryl/α,β-unsaturated/α-hetero) is 1. The minimum absolute atomic E-state index is 0.0464. The molecule has 1 amide bonds. The number of nitro groups is 1. The summed E-state index contributed by atoms with van der Waals surface area (Å²) in [6.07, 6.45) is -0.252. The smallest absolute Gasteiger partial charge is 0.306 e. The van der Waals surface area contributed by atoms with Crippen LogP contribution < -0.4 is 10.1 Å². The average Bonchev–Trinajstić information content (AvgIpc) is 2.72. The third-order valence-electron chi connectivity index (χ3n) is 3.84. The number of hydrogen-bond acceptors (Lipinski definition) is 7. The molecule has 0 radical (unpaired) electrons. The van der Waals surface area contributed by atoms with Crippen LogP contribution in [0.15, 0.2) is 46.9 Å². The number of ketones is 1. The summed E-state index contributed by atoms with van der Waals surface area (Å²) >= 11 is 3.27. The highest BCUT2D eigenvalue weighted by Crippen LogP contribution is 2.29. The molecule has 0 unspecified atom stereocenters. The van der Waals surface area contributed by atoms with Crippen molar-refractivity contribution in [2.45, 2.75) is 19.8 Å². The van der Waals surface area contributed by atoms with Gasteiger partial charge in [-0.3, -0.25) is 24.5 Å². The van der Waals surface area contributed by atoms with Crippen LogP contribution in [0.3, 0.4) is 0 Å². The lowest BCUT2D eigenvalue weighted by atomic mass is 10.1. The minimum Gasteiger partial charge on any atom is -0.494 e. The number of ether oxygens (including phenoxy) is 2. The maximum absolute atomic E-state index is 12.0. The number of benzene rings is 2. The van der Waals surface area contributed by atoms with Crippen LogP contribution in [-0.2, 0) is 14.3 Å². The molecule has 0 spiro atoms. The quantitative estimate of drug-likeness (QED) is 0.237. The highest BCUT2D eigenvalue weighted by atomic mass is 79.9. The fourth-order valence-electron chi connectivity index (χ4n) is 2.42. The largest absolute Gasteiger partial charge is 0.494 e. The molecule has 10 heteroatoms. The Labute approximate surface area is 180 Å². The van der Waals surface area contributed by atoms with Gasteiger partial charge in [-0.15, -0.1) is 0 Å². The zero-order valence-corrected chi connectivity index (χ0v) is 17.6. The number of amides is 1. The number of esters is 1. The van der Waals surface area contributed by atoms with Crippen molar-refractivity contribution >= 4 is 45.0 Å². The monoisotopic (exact) mass is 478 g/mol. The lowest BCUT2D eigenvalue weighted by Crippen LogP contribution is -2.21. The topological polar surface area (TPSA) is 125 Å². The first-order valence-corrected chi connectivity index (χ1v) is 9.75. The Hall–Kier alpha value is -3.27. The third-order valence-corrected chi connectivity index (χ3v) is 4.37. The molecule has 0 aliphatic heterocycles. The van der Waals surface area contributed by atoms with E-state index in [1.54, 1.807) is 31.2 Å². The summed E-state index contributed by atoms with van der Waals surface area (Å²) in [6.45, 7) is 1.45. The number of nitrogens with one attached hydrogen (secondary N) is 1. The van der Waals surface area contributed by atoms with Gasteiger partial charge >= 0.3 is 5.97 Å². The van der Waals surface area contributed by atoms with Crippen molar-refractivity contribution in [1.82, 2.24) is 0 Å². The minimum atomic E-state index is -0.741. The fourth-order valence-corrected chi connectivity index (χ4v) is 2.69. The highest BCUT2D eigenvalue weighted by molar-refractivity contribution is 9.10. The molecule has 0 fully saturated rings. The molecular formula is C20H19BrN2O7. The van der Waals surface area contributed by atoms with Gasteiger partial charge in [0.2, 0.25) is 0 Å². The number of carbonyl (C=O) groups excluding carboxylic acids is 3. The summed E-state index contributed by atoms with van der Waals surface area (Å²) in [5.41, 5.74) is 0.0715. The number of carbonyl (C=O) groups is 3. The summed E-state index contributed by atoms with van der Waals surface area (Å²) < 4.78 is 10.9. The molecule has 0 atom stereocenters. The summed E-state index contributed by atoms with van der Waals surface area (Å²) in [6, 6.07) is 10.7. The molecular weight excluding hydrogens is 460 g/mol. The van der Waals surface area contributed by atoms with E-state index in [0.717, 1.165) is 4.47 Å². The van der Waals surface area contributed by atoms with Crippen molar-refractivity contribution in [3.63, 3.8) is 0 Å². The number of anilines is 1. The summed E-state index contributed by atoms with van der Waals surface area (Å²) in [4.78, 5) is 46.3. The van der Waals surface area contributed by atoms with E-state index in [4.69, 9.17) is 9.47 Å². The van der Waals surface area contributed by atoms with Gasteiger partial charge in [0.25, 0.3) is 11.6 Å². The van der Waals surface area contributed by atoms with Crippen LogP contribution in [0.4, 0.5) is 11.4 Å². The van der Waals surface area contributed by atoms with Crippen LogP contribution in [0, 0.1) is 10.1 Å². The Bertz CT molecular complexity index is 945. The predicted molar refractivity (Wildman–Crippen MR) is 112 cm³/mol. The van der Waals surface area contributed by atoms with Gasteiger partial charge in [-0.05, 0) is 31.2 Å². The van der Waals surface area contributed by atoms with Crippen molar-refractivity contribution in [2.75, 3.05) is 18.5 Å². The summed E-state index contributed by atoms with van der Waals surface area (Å²) in [7, 11) is 0. The van der Waals surface area contributed by atoms with Crippen molar-refractivity contribution in [1.29, 1.82) is 0 Å². The van der Waals surface area contributed by atoms with Crippen LogP contribution in [0.25, 0.3) is 0 Å². The average molecular weight is 479 g/mol. The first-order chi connectivity index (χ1) is 14.3. The van der Waals surface area contributed by atoms with E-state index in [9.17, 15) is 24.5 Å². The van der Waals surface area contributed by atoms with E-state index in [0.29, 0.717) is 17.9 Å². The molecule has 0 aliphatic rings. The fraction of sp³-hybridized carbons (Fsp3) is 0.250. The second-order valence-corrected chi connectivity index (χ2v) is 6.92. The van der Waals surface area contributed by atoms with Gasteiger partial charge in [0.15, 0.2) is 12.4 Å². The van der Waals surface area contributed by atoms with Gasteiger partial charge in [0, 0.05) is 16.5 Å². The van der Waals surface area contributed by atoms with Gasteiger partial charge in [0.05, 0.1) is 24.0 Å². The molecule has 0 aliphatic carbocycles. The molecule has 2 aromatic carbocycles. The van der Waals surface area contributed by atoms with E-state index >= 15 is 0 Å². The molecule has 158 valence electrons. The second kappa shape index (κ2) is 11.1. The van der Waals surface area contributed by atoms with Crippen LogP contribution >= 0.6 is 15.9 Å². The number of nitrogens with zero attached hydrogens (tertiary/aromatic N) is 1. The van der Waals surface area contributed by atoms with Gasteiger partial charge in [0.1, 0.15) is 11.4 Å². The molecule has 2 aromatic rings. The molecule has 1 N–H and O–H groups in total. The van der Waals surface area contributed by atoms with E-state index in [1.165, 1.54) is 18.2 Å². The third kappa shape index (κ3) is 6.96. The number of halogens is 1. The normalized spacial score (nSPS) is 10.2. The van der Waals surface area contributed by atoms with Crippen molar-refractivity contribution in [3.05, 3.63) is 62.6 Å². The standard InChI is InChI=1S/C20H19BrN2O7/c1-2-29-15-7-8-16(17(11-15)23(27)28)22-19(25)12-30-20(26)10-9-18(24)13-3-5-14(21)6-4-13/h3-8,11H,2,9-10,12H2,1H3,(H,22,25). The molecule has 0 heterocycles. The molecule has 0 saturated carbocycles. The Kier molecular flexibility index (Phi) is 8.48. The molecule has 0 bridgehead atoms. The van der Waals surface area contributed by atoms with Crippen molar-refractivity contribution < 1.29 is 28.8 Å². The zero-order valence-electron chi connectivity index (χ0n) is 16.1. The van der Waals surface area contributed by atoms with Gasteiger partial charge in [-0.2, -0.15) is 0 Å². The van der Waals surface area contributed by atoms with E-state index in [2.05, 4.69) is 21.2 Å². The number of rotatable bonds is 10. The Morgan fingerprint density at radius 2 is 1.80 bits per heavy atom. The Morgan fingerprint density at radius 3 is 2.43 bits per heavy atom. The highest BCUT2D eigenvalue weighted by Gasteiger charge is 2.18. The van der Waals surface area contributed by atoms with E-state index < -0.39 is 23.4 Å². The van der Waals surface area contributed by atoms with Crippen LogP contribution in [-0.4, -0.2) is 35.8 Å². The molecule has 9 nitrogen and oxygen atoms in total. The zero-order chi connectivity index (χ0) is 22.1. The van der Waals surface area contributed by atoms with E-state index in [1.807, 2.05) is 0 Å². The first-order valence-electron chi connectivity index (χ1n) is 8.95. The van der Waals surface area contributed by atoms with Gasteiger partial charge in [-0.1, -0.05) is 28.1 Å². The lowest BCUT2D eigenvalue weighted by Gasteiger charge is -2.09. The predicted octanol–water partition coefficient (Wildman–Crippen LogP) is 3.90. The van der Waals surface area contributed by atoms with Crippen molar-refractivity contribution in [2.24, 2.45) is 0 Å². The van der Waals surface area contributed by atoms with Crippen molar-refractivity contribution in [3.8, 4) is 5.75 Å².